The second-order valence-electron chi connectivity index (χ2n) is 6.82. The smallest absolute Gasteiger partial charge is 0.0128 e. The van der Waals surface area contributed by atoms with Gasteiger partial charge in [-0.3, -0.25) is 0 Å². The molecule has 0 heterocycles. The molecule has 0 aliphatic heterocycles. The minimum Gasteiger partial charge on any atom is -0.313 e. The van der Waals surface area contributed by atoms with Gasteiger partial charge < -0.3 is 10.2 Å². The average molecular weight is 242 g/mol. The quantitative estimate of drug-likeness (QED) is 0.702. The Hall–Kier alpha value is -0.0800. The predicted octanol–water partition coefficient (Wildman–Crippen LogP) is 3.38. The van der Waals surface area contributed by atoms with Gasteiger partial charge in [0.2, 0.25) is 0 Å². The largest absolute Gasteiger partial charge is 0.313 e. The van der Waals surface area contributed by atoms with Crippen LogP contribution in [0.4, 0.5) is 0 Å². The highest BCUT2D eigenvalue weighted by atomic mass is 15.1. The van der Waals surface area contributed by atoms with Gasteiger partial charge >= 0.3 is 0 Å². The Kier molecular flexibility index (Phi) is 8.06. The maximum atomic E-state index is 3.69. The van der Waals surface area contributed by atoms with Gasteiger partial charge in [0.15, 0.2) is 0 Å². The molecule has 0 saturated heterocycles. The first-order chi connectivity index (χ1) is 7.77. The highest BCUT2D eigenvalue weighted by Crippen LogP contribution is 2.22. The maximum Gasteiger partial charge on any atom is 0.0128 e. The monoisotopic (exact) mass is 242 g/mol. The fourth-order valence-electron chi connectivity index (χ4n) is 2.22. The van der Waals surface area contributed by atoms with Crippen molar-refractivity contribution in [1.82, 2.24) is 10.2 Å². The van der Waals surface area contributed by atoms with Crippen molar-refractivity contribution in [2.45, 2.75) is 60.4 Å². The first-order valence-corrected chi connectivity index (χ1v) is 7.19. The van der Waals surface area contributed by atoms with E-state index in [9.17, 15) is 0 Å². The second kappa shape index (κ2) is 8.10. The van der Waals surface area contributed by atoms with Crippen molar-refractivity contribution in [3.8, 4) is 0 Å². The van der Waals surface area contributed by atoms with Crippen molar-refractivity contribution in [2.75, 3.05) is 26.7 Å². The molecule has 0 aromatic carbocycles. The first kappa shape index (κ1) is 16.9. The zero-order chi connectivity index (χ0) is 13.5. The topological polar surface area (TPSA) is 15.3 Å². The summed E-state index contributed by atoms with van der Waals surface area (Å²) in [5.41, 5.74) is 0.355. The minimum absolute atomic E-state index is 0.355. The van der Waals surface area contributed by atoms with E-state index in [-0.39, 0.29) is 0 Å². The van der Waals surface area contributed by atoms with Gasteiger partial charge in [-0.15, -0.1) is 0 Å². The van der Waals surface area contributed by atoms with E-state index in [0.29, 0.717) is 11.5 Å². The van der Waals surface area contributed by atoms with Crippen molar-refractivity contribution < 1.29 is 0 Å². The molecule has 0 aromatic heterocycles. The number of rotatable bonds is 8. The number of nitrogens with one attached hydrogen (secondary N) is 1. The third-order valence-electron chi connectivity index (χ3n) is 3.16. The van der Waals surface area contributed by atoms with Crippen LogP contribution in [0.2, 0.25) is 0 Å². The molecule has 0 rings (SSSR count). The average Bonchev–Trinajstić information content (AvgIpc) is 2.14. The lowest BCUT2D eigenvalue weighted by Crippen LogP contribution is -2.43. The summed E-state index contributed by atoms with van der Waals surface area (Å²) in [5, 5.41) is 3.69. The Morgan fingerprint density at radius 2 is 1.76 bits per heavy atom. The molecule has 0 bridgehead atoms. The van der Waals surface area contributed by atoms with E-state index in [0.717, 1.165) is 12.5 Å². The van der Waals surface area contributed by atoms with E-state index in [1.165, 1.54) is 25.9 Å². The Morgan fingerprint density at radius 1 is 1.18 bits per heavy atom. The number of hydrogen-bond acceptors (Lipinski definition) is 2. The lowest BCUT2D eigenvalue weighted by molar-refractivity contribution is 0.213. The van der Waals surface area contributed by atoms with E-state index < -0.39 is 0 Å². The minimum atomic E-state index is 0.355. The molecule has 0 amide bonds. The van der Waals surface area contributed by atoms with Crippen molar-refractivity contribution in [3.63, 3.8) is 0 Å². The van der Waals surface area contributed by atoms with E-state index >= 15 is 0 Å². The normalized spacial score (nSPS) is 14.6. The van der Waals surface area contributed by atoms with Crippen LogP contribution in [0.15, 0.2) is 0 Å². The molecule has 1 N–H and O–H groups in total. The summed E-state index contributed by atoms with van der Waals surface area (Å²) in [5.74, 6) is 0.761. The zero-order valence-corrected chi connectivity index (χ0v) is 13.1. The highest BCUT2D eigenvalue weighted by molar-refractivity contribution is 4.81. The van der Waals surface area contributed by atoms with Gasteiger partial charge in [-0.1, -0.05) is 41.5 Å². The van der Waals surface area contributed by atoms with Crippen LogP contribution < -0.4 is 5.32 Å². The van der Waals surface area contributed by atoms with E-state index in [1.807, 2.05) is 0 Å². The molecule has 2 heteroatoms. The molecular weight excluding hydrogens is 208 g/mol. The number of hydrogen-bond donors (Lipinski definition) is 1. The first-order valence-electron chi connectivity index (χ1n) is 7.19. The predicted molar refractivity (Wildman–Crippen MR) is 78.5 cm³/mol. The summed E-state index contributed by atoms with van der Waals surface area (Å²) in [6.07, 6.45) is 2.46. The van der Waals surface area contributed by atoms with Crippen LogP contribution in [0.1, 0.15) is 54.4 Å². The molecule has 2 nitrogen and oxygen atoms in total. The Labute approximate surface area is 109 Å². The molecule has 0 aromatic rings. The molecule has 0 aliphatic carbocycles. The molecular formula is C15H34N2. The van der Waals surface area contributed by atoms with Crippen molar-refractivity contribution in [2.24, 2.45) is 11.3 Å². The fraction of sp³-hybridized carbons (Fsp3) is 1.00. The van der Waals surface area contributed by atoms with Crippen LogP contribution in [0, 0.1) is 11.3 Å². The van der Waals surface area contributed by atoms with Gasteiger partial charge in [0.05, 0.1) is 0 Å². The summed E-state index contributed by atoms with van der Waals surface area (Å²) >= 11 is 0. The molecule has 1 unspecified atom stereocenters. The Bertz CT molecular complexity index is 182. The van der Waals surface area contributed by atoms with Gasteiger partial charge in [-0.25, -0.2) is 0 Å². The Balaban J connectivity index is 4.07. The summed E-state index contributed by atoms with van der Waals surface area (Å²) in [7, 11) is 2.24. The van der Waals surface area contributed by atoms with Gasteiger partial charge in [-0.05, 0) is 44.3 Å². The van der Waals surface area contributed by atoms with Crippen LogP contribution in [0.5, 0.6) is 0 Å². The van der Waals surface area contributed by atoms with E-state index in [4.69, 9.17) is 0 Å². The molecule has 0 radical (unpaired) electrons. The maximum absolute atomic E-state index is 3.69. The van der Waals surface area contributed by atoms with Crippen LogP contribution >= 0.6 is 0 Å². The fourth-order valence-corrected chi connectivity index (χ4v) is 2.22. The molecule has 0 spiro atoms. The lowest BCUT2D eigenvalue weighted by atomic mass is 9.84. The van der Waals surface area contributed by atoms with E-state index in [2.05, 4.69) is 58.8 Å². The molecule has 0 fully saturated rings. The number of nitrogens with zero attached hydrogens (tertiary/aromatic N) is 1. The summed E-state index contributed by atoms with van der Waals surface area (Å²) in [6, 6.07) is 0.622. The van der Waals surface area contributed by atoms with Crippen LogP contribution in [0.25, 0.3) is 0 Å². The highest BCUT2D eigenvalue weighted by Gasteiger charge is 2.23. The van der Waals surface area contributed by atoms with Crippen molar-refractivity contribution >= 4 is 0 Å². The lowest BCUT2D eigenvalue weighted by Gasteiger charge is -2.33. The third kappa shape index (κ3) is 8.62. The van der Waals surface area contributed by atoms with Gasteiger partial charge in [0.1, 0.15) is 0 Å². The molecule has 17 heavy (non-hydrogen) atoms. The van der Waals surface area contributed by atoms with Gasteiger partial charge in [-0.2, -0.15) is 0 Å². The van der Waals surface area contributed by atoms with Crippen LogP contribution in [-0.2, 0) is 0 Å². The molecule has 104 valence electrons. The van der Waals surface area contributed by atoms with Crippen LogP contribution in [0.3, 0.4) is 0 Å². The standard InChI is InChI=1S/C15H34N2/c1-8-10-16-14(15(4,5)6)9-11-17(7)12-13(2)3/h13-14,16H,8-12H2,1-7H3. The summed E-state index contributed by atoms with van der Waals surface area (Å²) in [6.45, 7) is 17.3. The Morgan fingerprint density at radius 3 is 2.18 bits per heavy atom. The summed E-state index contributed by atoms with van der Waals surface area (Å²) < 4.78 is 0. The molecule has 0 saturated carbocycles. The SMILES string of the molecule is CCCNC(CCN(C)CC(C)C)C(C)(C)C. The van der Waals surface area contributed by atoms with Crippen molar-refractivity contribution in [3.05, 3.63) is 0 Å². The van der Waals surface area contributed by atoms with Crippen molar-refractivity contribution in [1.29, 1.82) is 0 Å². The molecule has 0 aliphatic rings. The van der Waals surface area contributed by atoms with Crippen LogP contribution in [-0.4, -0.2) is 37.6 Å². The summed E-state index contributed by atoms with van der Waals surface area (Å²) in [4.78, 5) is 2.46. The second-order valence-corrected chi connectivity index (χ2v) is 6.82. The molecule has 1 atom stereocenters. The van der Waals surface area contributed by atoms with Gasteiger partial charge in [0.25, 0.3) is 0 Å². The van der Waals surface area contributed by atoms with E-state index in [1.54, 1.807) is 0 Å². The van der Waals surface area contributed by atoms with Gasteiger partial charge in [0, 0.05) is 12.6 Å². The third-order valence-corrected chi connectivity index (χ3v) is 3.16. The zero-order valence-electron chi connectivity index (χ0n) is 13.1.